The first-order chi connectivity index (χ1) is 7.34. The van der Waals surface area contributed by atoms with Crippen molar-refractivity contribution in [2.24, 2.45) is 0 Å². The third kappa shape index (κ3) is 1.39. The molecule has 3 rings (SSSR count). The van der Waals surface area contributed by atoms with Crippen molar-refractivity contribution in [2.45, 2.75) is 12.8 Å². The average molecular weight is 224 g/mol. The van der Waals surface area contributed by atoms with Crippen molar-refractivity contribution < 1.29 is 9.56 Å². The maximum absolute atomic E-state index is 5.86. The Bertz CT molecular complexity index is 544. The molecular formula is C9H10ClN5+2. The number of fused-ring (bicyclic) bond motifs is 1. The van der Waals surface area contributed by atoms with Crippen molar-refractivity contribution in [3.05, 3.63) is 11.6 Å². The minimum Gasteiger partial charge on any atom is -0.267 e. The molecule has 0 fully saturated rings. The molecule has 0 aromatic carbocycles. The zero-order valence-corrected chi connectivity index (χ0v) is 8.75. The summed E-state index contributed by atoms with van der Waals surface area (Å²) in [5.41, 5.74) is 1.64. The highest BCUT2D eigenvalue weighted by Gasteiger charge is 2.26. The zero-order valence-electron chi connectivity index (χ0n) is 8.00. The van der Waals surface area contributed by atoms with Gasteiger partial charge in [0.2, 0.25) is 0 Å². The first-order valence-electron chi connectivity index (χ1n) is 4.87. The van der Waals surface area contributed by atoms with Crippen molar-refractivity contribution in [2.75, 3.05) is 6.54 Å². The minimum absolute atomic E-state index is 0.272. The van der Waals surface area contributed by atoms with Gasteiger partial charge in [-0.15, -0.1) is 0 Å². The van der Waals surface area contributed by atoms with E-state index in [4.69, 9.17) is 11.6 Å². The summed E-state index contributed by atoms with van der Waals surface area (Å²) >= 11 is 5.86. The predicted octanol–water partition coefficient (Wildman–Crippen LogP) is 0.934. The molecule has 1 aliphatic rings. The number of halogens is 1. The normalized spacial score (nSPS) is 15.9. The van der Waals surface area contributed by atoms with Crippen molar-refractivity contribution in [3.63, 3.8) is 0 Å². The lowest BCUT2D eigenvalue weighted by Gasteiger charge is -1.93. The highest BCUT2D eigenvalue weighted by atomic mass is 35.5. The van der Waals surface area contributed by atoms with Crippen LogP contribution in [-0.4, -0.2) is 32.3 Å². The number of hydrogen-bond acceptors (Lipinski definition) is 2. The third-order valence-corrected chi connectivity index (χ3v) is 2.68. The maximum atomic E-state index is 5.86. The fourth-order valence-electron chi connectivity index (χ4n) is 1.84. The number of H-pyrrole nitrogens is 2. The van der Waals surface area contributed by atoms with Gasteiger partial charge in [-0.2, -0.15) is 0 Å². The predicted molar refractivity (Wildman–Crippen MR) is 55.5 cm³/mol. The van der Waals surface area contributed by atoms with E-state index in [1.807, 2.05) is 0 Å². The summed E-state index contributed by atoms with van der Waals surface area (Å²) in [4.78, 5) is 14.4. The number of aromatic nitrogens is 4. The van der Waals surface area contributed by atoms with E-state index in [0.29, 0.717) is 0 Å². The molecule has 0 bridgehead atoms. The number of rotatable bonds is 1. The van der Waals surface area contributed by atoms with Crippen LogP contribution in [0.1, 0.15) is 12.8 Å². The van der Waals surface area contributed by atoms with Gasteiger partial charge in [0.05, 0.1) is 12.8 Å². The lowest BCUT2D eigenvalue weighted by molar-refractivity contribution is -0.429. The van der Waals surface area contributed by atoms with Gasteiger partial charge in [0.15, 0.2) is 6.33 Å². The Morgan fingerprint density at radius 1 is 1.47 bits per heavy atom. The highest BCUT2D eigenvalue weighted by molar-refractivity contribution is 6.28. The van der Waals surface area contributed by atoms with E-state index in [1.54, 1.807) is 6.33 Å². The van der Waals surface area contributed by atoms with Crippen LogP contribution in [0.3, 0.4) is 0 Å². The monoisotopic (exact) mass is 223 g/mol. The van der Waals surface area contributed by atoms with E-state index in [9.17, 15) is 0 Å². The van der Waals surface area contributed by atoms with E-state index in [-0.39, 0.29) is 5.28 Å². The summed E-state index contributed by atoms with van der Waals surface area (Å²) in [7, 11) is 0. The van der Waals surface area contributed by atoms with Crippen LogP contribution >= 0.6 is 11.6 Å². The van der Waals surface area contributed by atoms with Crippen molar-refractivity contribution in [1.82, 2.24) is 15.0 Å². The van der Waals surface area contributed by atoms with Crippen molar-refractivity contribution in [1.29, 1.82) is 0 Å². The summed E-state index contributed by atoms with van der Waals surface area (Å²) in [5, 5.41) is 0.272. The van der Waals surface area contributed by atoms with Crippen LogP contribution < -0.4 is 4.98 Å². The molecule has 2 aromatic heterocycles. The van der Waals surface area contributed by atoms with E-state index in [2.05, 4.69) is 30.7 Å². The second-order valence-electron chi connectivity index (χ2n) is 3.49. The smallest absolute Gasteiger partial charge is 0.267 e. The van der Waals surface area contributed by atoms with Crippen LogP contribution in [0.5, 0.6) is 0 Å². The Morgan fingerprint density at radius 3 is 3.20 bits per heavy atom. The SMILES string of the molecule is Clc1nc([N+]2=CCCC2)c2[nH]c[nH+]c2n1. The molecular weight excluding hydrogens is 214 g/mol. The van der Waals surface area contributed by atoms with Crippen molar-refractivity contribution in [3.8, 4) is 0 Å². The molecule has 0 radical (unpaired) electrons. The molecule has 2 N–H and O–H groups in total. The third-order valence-electron chi connectivity index (χ3n) is 2.51. The Hall–Kier alpha value is -1.49. The molecule has 3 heterocycles. The molecule has 15 heavy (non-hydrogen) atoms. The zero-order chi connectivity index (χ0) is 10.3. The Labute approximate surface area is 90.8 Å². The fraction of sp³-hybridized carbons (Fsp3) is 0.333. The molecule has 0 saturated carbocycles. The van der Waals surface area contributed by atoms with Crippen LogP contribution in [0.4, 0.5) is 5.82 Å². The first kappa shape index (κ1) is 8.79. The number of aromatic amines is 2. The molecule has 6 heteroatoms. The van der Waals surface area contributed by atoms with E-state index in [1.165, 1.54) is 0 Å². The first-order valence-corrected chi connectivity index (χ1v) is 5.25. The molecule has 0 atom stereocenters. The van der Waals surface area contributed by atoms with Crippen LogP contribution in [0, 0.1) is 0 Å². The van der Waals surface area contributed by atoms with Crippen LogP contribution in [-0.2, 0) is 0 Å². The molecule has 0 unspecified atom stereocenters. The van der Waals surface area contributed by atoms with Crippen LogP contribution in [0.2, 0.25) is 5.28 Å². The maximum Gasteiger partial charge on any atom is 0.409 e. The number of nitrogens with zero attached hydrogens (tertiary/aromatic N) is 3. The largest absolute Gasteiger partial charge is 0.409 e. The average Bonchev–Trinajstić information content (AvgIpc) is 2.86. The summed E-state index contributed by atoms with van der Waals surface area (Å²) in [6, 6.07) is 0. The summed E-state index contributed by atoms with van der Waals surface area (Å²) < 4.78 is 2.11. The standard InChI is InChI=1S/C9H9ClN5/c10-9-13-7-6(11-5-12-7)8(14-9)15-3-1-2-4-15/h3,5H,1-2,4H2,(H,11,12,13,14)/q+1/p+1. The van der Waals surface area contributed by atoms with Gasteiger partial charge in [-0.05, 0) is 11.4 Å². The van der Waals surface area contributed by atoms with Gasteiger partial charge >= 0.3 is 16.7 Å². The van der Waals surface area contributed by atoms with Crippen molar-refractivity contribution >= 4 is 34.8 Å². The second-order valence-corrected chi connectivity index (χ2v) is 3.83. The van der Waals surface area contributed by atoms with Gasteiger partial charge in [-0.25, -0.2) is 9.56 Å². The van der Waals surface area contributed by atoms with Crippen LogP contribution in [0.25, 0.3) is 11.2 Å². The van der Waals surface area contributed by atoms with Gasteiger partial charge in [-0.3, -0.25) is 4.98 Å². The van der Waals surface area contributed by atoms with E-state index in [0.717, 1.165) is 36.4 Å². The summed E-state index contributed by atoms with van der Waals surface area (Å²) in [5.74, 6) is 0.851. The van der Waals surface area contributed by atoms with Crippen LogP contribution in [0.15, 0.2) is 6.33 Å². The fourth-order valence-corrected chi connectivity index (χ4v) is 2.00. The molecule has 0 aliphatic carbocycles. The topological polar surface area (TPSA) is 58.7 Å². The summed E-state index contributed by atoms with van der Waals surface area (Å²) in [6.45, 7) is 0.988. The van der Waals surface area contributed by atoms with Gasteiger partial charge in [0.25, 0.3) is 5.52 Å². The number of nitrogens with one attached hydrogen (secondary N) is 2. The quantitative estimate of drug-likeness (QED) is 0.578. The Balaban J connectivity index is 2.27. The lowest BCUT2D eigenvalue weighted by atomic mass is 10.4. The Morgan fingerprint density at radius 2 is 2.40 bits per heavy atom. The molecule has 0 saturated heterocycles. The molecule has 76 valence electrons. The van der Waals surface area contributed by atoms with E-state index < -0.39 is 0 Å². The molecule has 1 aliphatic heterocycles. The minimum atomic E-state index is 0.272. The second kappa shape index (κ2) is 3.27. The van der Waals surface area contributed by atoms with Gasteiger partial charge in [0.1, 0.15) is 0 Å². The molecule has 2 aromatic rings. The molecule has 0 amide bonds. The van der Waals surface area contributed by atoms with E-state index >= 15 is 0 Å². The molecule has 5 nitrogen and oxygen atoms in total. The molecule has 0 spiro atoms. The number of imidazole rings is 1. The van der Waals surface area contributed by atoms with Gasteiger partial charge in [-0.1, -0.05) is 0 Å². The summed E-state index contributed by atoms with van der Waals surface area (Å²) in [6.07, 6.45) is 6.12. The highest BCUT2D eigenvalue weighted by Crippen LogP contribution is 2.21. The lowest BCUT2D eigenvalue weighted by Crippen LogP contribution is -2.06. The van der Waals surface area contributed by atoms with Gasteiger partial charge in [0, 0.05) is 23.0 Å². The van der Waals surface area contributed by atoms with Gasteiger partial charge < -0.3 is 0 Å². The Kier molecular flexibility index (Phi) is 1.92. The number of hydrogen-bond donors (Lipinski definition) is 1.